The summed E-state index contributed by atoms with van der Waals surface area (Å²) in [5.41, 5.74) is 0. The number of aromatic nitrogens is 1. The summed E-state index contributed by atoms with van der Waals surface area (Å²) in [6, 6.07) is 1.37. The van der Waals surface area contributed by atoms with E-state index >= 15 is 0 Å². The van der Waals surface area contributed by atoms with Crippen LogP contribution in [0, 0.1) is 0 Å². The third-order valence-electron chi connectivity index (χ3n) is 2.57. The molecule has 0 radical (unpaired) electrons. The second-order valence-corrected chi connectivity index (χ2v) is 8.19. The topological polar surface area (TPSA) is 88.2 Å². The van der Waals surface area contributed by atoms with Crippen LogP contribution in [0.5, 0.6) is 0 Å². The van der Waals surface area contributed by atoms with Crippen molar-refractivity contribution in [3.8, 4) is 0 Å². The first kappa shape index (κ1) is 18.3. The van der Waals surface area contributed by atoms with Crippen molar-refractivity contribution in [2.24, 2.45) is 0 Å². The standard InChI is InChI=1S/C12H20ClN3O3S2/c1-3-5-14-12-11(13)8-10(9-15-12)21(18,19)16-6-4-7-20(2)17/h8-9,16H,3-7H2,1-2H3,(H,14,15). The first-order valence-corrected chi connectivity index (χ1v) is 10.1. The molecule has 1 rings (SSSR count). The maximum absolute atomic E-state index is 12.0. The summed E-state index contributed by atoms with van der Waals surface area (Å²) >= 11 is 6.02. The molecule has 21 heavy (non-hydrogen) atoms. The summed E-state index contributed by atoms with van der Waals surface area (Å²) in [5, 5.41) is 3.28. The second kappa shape index (κ2) is 8.67. The Bertz CT molecular complexity index is 593. The average Bonchev–Trinajstić information content (AvgIpc) is 2.42. The Morgan fingerprint density at radius 2 is 2.10 bits per heavy atom. The molecule has 1 aromatic heterocycles. The van der Waals surface area contributed by atoms with Gasteiger partial charge in [-0.25, -0.2) is 18.1 Å². The number of nitrogens with zero attached hydrogens (tertiary/aromatic N) is 1. The molecule has 0 aliphatic carbocycles. The van der Waals surface area contributed by atoms with E-state index in [2.05, 4.69) is 15.0 Å². The molecule has 0 aliphatic rings. The summed E-state index contributed by atoms with van der Waals surface area (Å²) in [5.74, 6) is 0.931. The first-order valence-electron chi connectivity index (χ1n) is 6.56. The zero-order chi connectivity index (χ0) is 15.9. The molecule has 6 nitrogen and oxygen atoms in total. The van der Waals surface area contributed by atoms with Crippen LogP contribution in [0.4, 0.5) is 5.82 Å². The van der Waals surface area contributed by atoms with E-state index in [1.54, 1.807) is 6.26 Å². The lowest BCUT2D eigenvalue weighted by atomic mass is 10.4. The molecule has 1 unspecified atom stereocenters. The lowest BCUT2D eigenvalue weighted by molar-refractivity contribution is 0.580. The van der Waals surface area contributed by atoms with E-state index in [1.165, 1.54) is 12.3 Å². The van der Waals surface area contributed by atoms with Gasteiger partial charge in [-0.15, -0.1) is 0 Å². The predicted octanol–water partition coefficient (Wildman–Crippen LogP) is 1.60. The predicted molar refractivity (Wildman–Crippen MR) is 86.8 cm³/mol. The van der Waals surface area contributed by atoms with Crippen molar-refractivity contribution in [1.29, 1.82) is 0 Å². The highest BCUT2D eigenvalue weighted by molar-refractivity contribution is 7.89. The summed E-state index contributed by atoms with van der Waals surface area (Å²) in [6.45, 7) is 2.95. The Hall–Kier alpha value is -0.700. The van der Waals surface area contributed by atoms with Gasteiger partial charge in [0.1, 0.15) is 10.7 Å². The zero-order valence-corrected chi connectivity index (χ0v) is 14.4. The molecule has 0 spiro atoms. The van der Waals surface area contributed by atoms with Crippen molar-refractivity contribution < 1.29 is 12.6 Å². The molecule has 0 saturated heterocycles. The molecular weight excluding hydrogens is 334 g/mol. The van der Waals surface area contributed by atoms with Crippen LogP contribution in [-0.2, 0) is 20.8 Å². The number of sulfonamides is 1. The molecule has 0 amide bonds. The third-order valence-corrected chi connectivity index (χ3v) is 5.15. The molecule has 0 aliphatic heterocycles. The number of anilines is 1. The number of hydrogen-bond donors (Lipinski definition) is 2. The summed E-state index contributed by atoms with van der Waals surface area (Å²) in [7, 11) is -4.57. The van der Waals surface area contributed by atoms with Crippen LogP contribution < -0.4 is 10.0 Å². The zero-order valence-electron chi connectivity index (χ0n) is 12.1. The van der Waals surface area contributed by atoms with Gasteiger partial charge in [0, 0.05) is 42.1 Å². The maximum atomic E-state index is 12.0. The Labute approximate surface area is 133 Å². The monoisotopic (exact) mass is 353 g/mol. The van der Waals surface area contributed by atoms with Gasteiger partial charge >= 0.3 is 0 Å². The van der Waals surface area contributed by atoms with E-state index < -0.39 is 20.8 Å². The van der Waals surface area contributed by atoms with Gasteiger partial charge in [0.05, 0.1) is 5.02 Å². The van der Waals surface area contributed by atoms with Gasteiger partial charge in [0.15, 0.2) is 0 Å². The van der Waals surface area contributed by atoms with Crippen molar-refractivity contribution in [2.45, 2.75) is 24.7 Å². The second-order valence-electron chi connectivity index (χ2n) is 4.46. The quantitative estimate of drug-likeness (QED) is 0.658. The molecule has 0 fully saturated rings. The van der Waals surface area contributed by atoms with Crippen molar-refractivity contribution in [3.63, 3.8) is 0 Å². The number of nitrogens with one attached hydrogen (secondary N) is 2. The van der Waals surface area contributed by atoms with Crippen molar-refractivity contribution >= 4 is 38.2 Å². The van der Waals surface area contributed by atoms with Crippen LogP contribution in [0.2, 0.25) is 5.02 Å². The largest absolute Gasteiger partial charge is 0.369 e. The molecule has 1 aromatic rings. The normalized spacial score (nSPS) is 13.1. The molecule has 0 aromatic carbocycles. The highest BCUT2D eigenvalue weighted by atomic mass is 35.5. The van der Waals surface area contributed by atoms with E-state index in [-0.39, 0.29) is 16.5 Å². The van der Waals surface area contributed by atoms with E-state index in [1.807, 2.05) is 6.92 Å². The van der Waals surface area contributed by atoms with Gasteiger partial charge in [-0.1, -0.05) is 18.5 Å². The lowest BCUT2D eigenvalue weighted by Gasteiger charge is -2.09. The molecule has 9 heteroatoms. The van der Waals surface area contributed by atoms with Crippen LogP contribution in [0.1, 0.15) is 19.8 Å². The first-order chi connectivity index (χ1) is 9.86. The number of pyridine rings is 1. The van der Waals surface area contributed by atoms with E-state index in [0.29, 0.717) is 24.5 Å². The van der Waals surface area contributed by atoms with Gasteiger partial charge in [0.2, 0.25) is 10.0 Å². The highest BCUT2D eigenvalue weighted by Crippen LogP contribution is 2.22. The summed E-state index contributed by atoms with van der Waals surface area (Å²) in [4.78, 5) is 4.05. The molecule has 0 bridgehead atoms. The average molecular weight is 354 g/mol. The van der Waals surface area contributed by atoms with Crippen LogP contribution in [0.25, 0.3) is 0 Å². The fraction of sp³-hybridized carbons (Fsp3) is 0.583. The van der Waals surface area contributed by atoms with Gasteiger partial charge < -0.3 is 5.32 Å². The van der Waals surface area contributed by atoms with Crippen LogP contribution in [-0.4, -0.2) is 42.7 Å². The molecule has 2 N–H and O–H groups in total. The highest BCUT2D eigenvalue weighted by Gasteiger charge is 2.16. The number of rotatable bonds is 9. The molecule has 1 atom stereocenters. The summed E-state index contributed by atoms with van der Waals surface area (Å²) in [6.07, 6.45) is 4.28. The van der Waals surface area contributed by atoms with Gasteiger partial charge in [-0.2, -0.15) is 0 Å². The van der Waals surface area contributed by atoms with Gasteiger partial charge in [-0.05, 0) is 18.9 Å². The SMILES string of the molecule is CCCNc1ncc(S(=O)(=O)NCCCS(C)=O)cc1Cl. The van der Waals surface area contributed by atoms with E-state index in [9.17, 15) is 12.6 Å². The van der Waals surface area contributed by atoms with E-state index in [0.717, 1.165) is 6.42 Å². The minimum Gasteiger partial charge on any atom is -0.369 e. The fourth-order valence-corrected chi connectivity index (χ4v) is 3.40. The minimum absolute atomic E-state index is 0.0205. The fourth-order valence-electron chi connectivity index (χ4n) is 1.51. The van der Waals surface area contributed by atoms with Crippen molar-refractivity contribution in [3.05, 3.63) is 17.3 Å². The Morgan fingerprint density at radius 1 is 1.38 bits per heavy atom. The Kier molecular flexibility index (Phi) is 7.58. The Balaban J connectivity index is 2.70. The third kappa shape index (κ3) is 6.29. The molecule has 0 saturated carbocycles. The Morgan fingerprint density at radius 3 is 2.67 bits per heavy atom. The van der Waals surface area contributed by atoms with Crippen LogP contribution in [0.15, 0.2) is 17.2 Å². The summed E-state index contributed by atoms with van der Waals surface area (Å²) < 4.78 is 37.4. The molecule has 1 heterocycles. The van der Waals surface area contributed by atoms with Crippen molar-refractivity contribution in [1.82, 2.24) is 9.71 Å². The van der Waals surface area contributed by atoms with Crippen molar-refractivity contribution in [2.75, 3.05) is 30.4 Å². The van der Waals surface area contributed by atoms with Crippen LogP contribution in [0.3, 0.4) is 0 Å². The molecular formula is C12H20ClN3O3S2. The maximum Gasteiger partial charge on any atom is 0.242 e. The van der Waals surface area contributed by atoms with Gasteiger partial charge in [0.25, 0.3) is 0 Å². The number of halogens is 1. The lowest BCUT2D eigenvalue weighted by Crippen LogP contribution is -2.26. The molecule has 120 valence electrons. The minimum atomic E-state index is -3.64. The smallest absolute Gasteiger partial charge is 0.242 e. The van der Waals surface area contributed by atoms with Gasteiger partial charge in [-0.3, -0.25) is 4.21 Å². The van der Waals surface area contributed by atoms with Crippen LogP contribution >= 0.6 is 11.6 Å². The van der Waals surface area contributed by atoms with E-state index in [4.69, 9.17) is 11.6 Å². The number of hydrogen-bond acceptors (Lipinski definition) is 5.